The van der Waals surface area contributed by atoms with Gasteiger partial charge in [0.05, 0.1) is 23.5 Å². The van der Waals surface area contributed by atoms with Crippen molar-refractivity contribution < 1.29 is 14.3 Å². The van der Waals surface area contributed by atoms with E-state index in [1.165, 1.54) is 12.1 Å². The first-order valence-corrected chi connectivity index (χ1v) is 10.4. The fourth-order valence-corrected chi connectivity index (χ4v) is 3.67. The third-order valence-corrected chi connectivity index (χ3v) is 5.38. The molecule has 32 heavy (non-hydrogen) atoms. The van der Waals surface area contributed by atoms with E-state index in [0.717, 1.165) is 16.8 Å². The van der Waals surface area contributed by atoms with Gasteiger partial charge in [0, 0.05) is 11.1 Å². The Morgan fingerprint density at radius 1 is 1.03 bits per heavy atom. The molecule has 6 heteroatoms. The number of halogens is 1. The molecular weight excluding hydrogens is 405 g/mol. The van der Waals surface area contributed by atoms with Crippen LogP contribution in [0.1, 0.15) is 22.8 Å². The summed E-state index contributed by atoms with van der Waals surface area (Å²) in [6, 6.07) is 24.9. The van der Waals surface area contributed by atoms with Crippen LogP contribution in [0.5, 0.6) is 0 Å². The van der Waals surface area contributed by atoms with Crippen molar-refractivity contribution in [1.82, 2.24) is 15.5 Å². The quantitative estimate of drug-likeness (QED) is 0.402. The van der Waals surface area contributed by atoms with Gasteiger partial charge >= 0.3 is 0 Å². The molecule has 0 saturated carbocycles. The van der Waals surface area contributed by atoms with E-state index in [1.54, 1.807) is 24.3 Å². The van der Waals surface area contributed by atoms with Crippen molar-refractivity contribution in [2.75, 3.05) is 6.61 Å². The summed E-state index contributed by atoms with van der Waals surface area (Å²) in [6.07, 6.45) is 0.495. The lowest BCUT2D eigenvalue weighted by Crippen LogP contribution is -2.50. The van der Waals surface area contributed by atoms with Gasteiger partial charge in [-0.3, -0.25) is 9.89 Å². The Morgan fingerprint density at radius 2 is 1.72 bits per heavy atom. The van der Waals surface area contributed by atoms with E-state index in [1.807, 2.05) is 55.5 Å². The summed E-state index contributed by atoms with van der Waals surface area (Å²) in [6.45, 7) is 1.62. The van der Waals surface area contributed by atoms with Crippen LogP contribution in [0.4, 0.5) is 4.39 Å². The van der Waals surface area contributed by atoms with Gasteiger partial charge in [-0.1, -0.05) is 48.5 Å². The maximum absolute atomic E-state index is 13.2. The van der Waals surface area contributed by atoms with Crippen LogP contribution in [-0.2, 0) is 6.42 Å². The number of aliphatic hydroxyl groups is 1. The predicted octanol–water partition coefficient (Wildman–Crippen LogP) is 4.61. The Labute approximate surface area is 185 Å². The van der Waals surface area contributed by atoms with Crippen LogP contribution < -0.4 is 5.32 Å². The molecule has 0 aliphatic carbocycles. The Balaban J connectivity index is 1.59. The van der Waals surface area contributed by atoms with Crippen molar-refractivity contribution >= 4 is 5.91 Å². The predicted molar refractivity (Wildman–Crippen MR) is 123 cm³/mol. The average molecular weight is 429 g/mol. The van der Waals surface area contributed by atoms with Crippen LogP contribution in [0.15, 0.2) is 84.9 Å². The summed E-state index contributed by atoms with van der Waals surface area (Å²) < 4.78 is 13.2. The molecule has 0 fully saturated rings. The van der Waals surface area contributed by atoms with E-state index in [-0.39, 0.29) is 18.3 Å². The van der Waals surface area contributed by atoms with E-state index in [4.69, 9.17) is 0 Å². The smallest absolute Gasteiger partial charge is 0.252 e. The Bertz CT molecular complexity index is 1210. The van der Waals surface area contributed by atoms with Crippen LogP contribution in [0.2, 0.25) is 0 Å². The fraction of sp³-hybridized carbons (Fsp3) is 0.154. The van der Waals surface area contributed by atoms with Crippen molar-refractivity contribution in [2.24, 2.45) is 0 Å². The molecule has 0 spiro atoms. The number of carbonyl (C=O) groups is 1. The second-order valence-electron chi connectivity index (χ2n) is 8.05. The lowest BCUT2D eigenvalue weighted by Gasteiger charge is -2.29. The Kier molecular flexibility index (Phi) is 6.14. The van der Waals surface area contributed by atoms with E-state index in [2.05, 4.69) is 15.5 Å². The zero-order chi connectivity index (χ0) is 22.6. The summed E-state index contributed by atoms with van der Waals surface area (Å²) in [4.78, 5) is 13.2. The number of aromatic nitrogens is 2. The summed E-state index contributed by atoms with van der Waals surface area (Å²) in [5, 5.41) is 20.3. The van der Waals surface area contributed by atoms with E-state index in [9.17, 15) is 14.3 Å². The topological polar surface area (TPSA) is 78.0 Å². The molecule has 1 unspecified atom stereocenters. The van der Waals surface area contributed by atoms with Gasteiger partial charge in [-0.15, -0.1) is 0 Å². The van der Waals surface area contributed by atoms with Crippen molar-refractivity contribution in [3.05, 3.63) is 102 Å². The van der Waals surface area contributed by atoms with Gasteiger partial charge in [0.1, 0.15) is 5.82 Å². The fourth-order valence-electron chi connectivity index (χ4n) is 3.67. The van der Waals surface area contributed by atoms with Gasteiger partial charge in [-0.2, -0.15) is 5.10 Å². The maximum atomic E-state index is 13.2. The lowest BCUT2D eigenvalue weighted by molar-refractivity contribution is 0.0852. The van der Waals surface area contributed by atoms with E-state index in [0.29, 0.717) is 23.2 Å². The lowest BCUT2D eigenvalue weighted by atomic mass is 9.92. The van der Waals surface area contributed by atoms with Crippen LogP contribution in [0, 0.1) is 5.82 Å². The van der Waals surface area contributed by atoms with Crippen molar-refractivity contribution in [3.8, 4) is 22.5 Å². The summed E-state index contributed by atoms with van der Waals surface area (Å²) in [5.41, 5.74) is 3.43. The molecular formula is C26H24FN3O2. The molecule has 0 radical (unpaired) electrons. The maximum Gasteiger partial charge on any atom is 0.252 e. The van der Waals surface area contributed by atoms with Gasteiger partial charge in [-0.25, -0.2) is 4.39 Å². The number of benzene rings is 3. The molecule has 5 nitrogen and oxygen atoms in total. The first-order chi connectivity index (χ1) is 15.5. The summed E-state index contributed by atoms with van der Waals surface area (Å²) in [7, 11) is 0. The van der Waals surface area contributed by atoms with Gasteiger partial charge in [0.15, 0.2) is 0 Å². The molecule has 162 valence electrons. The normalized spacial score (nSPS) is 12.8. The van der Waals surface area contributed by atoms with Gasteiger partial charge < -0.3 is 10.4 Å². The van der Waals surface area contributed by atoms with Crippen molar-refractivity contribution in [2.45, 2.75) is 18.9 Å². The van der Waals surface area contributed by atoms with Crippen molar-refractivity contribution in [3.63, 3.8) is 0 Å². The van der Waals surface area contributed by atoms with Crippen molar-refractivity contribution in [1.29, 1.82) is 0 Å². The molecule has 3 N–H and O–H groups in total. The number of hydrogen-bond acceptors (Lipinski definition) is 3. The molecule has 1 amide bonds. The van der Waals surface area contributed by atoms with Crippen LogP contribution in [0.25, 0.3) is 22.5 Å². The molecule has 1 atom stereocenters. The highest BCUT2D eigenvalue weighted by Gasteiger charge is 2.28. The van der Waals surface area contributed by atoms with E-state index < -0.39 is 5.54 Å². The molecule has 1 heterocycles. The Hall–Kier alpha value is -3.77. The molecule has 0 saturated heterocycles. The Morgan fingerprint density at radius 3 is 2.44 bits per heavy atom. The first kappa shape index (κ1) is 21.5. The minimum Gasteiger partial charge on any atom is -0.394 e. The number of nitrogens with zero attached hydrogens (tertiary/aromatic N) is 1. The van der Waals surface area contributed by atoms with Gasteiger partial charge in [-0.05, 0) is 60.9 Å². The zero-order valence-electron chi connectivity index (χ0n) is 17.7. The first-order valence-electron chi connectivity index (χ1n) is 10.4. The highest BCUT2D eigenvalue weighted by molar-refractivity contribution is 6.01. The molecule has 3 aromatic carbocycles. The largest absolute Gasteiger partial charge is 0.394 e. The van der Waals surface area contributed by atoms with E-state index >= 15 is 0 Å². The third-order valence-electron chi connectivity index (χ3n) is 5.38. The second-order valence-corrected chi connectivity index (χ2v) is 8.05. The molecule has 4 aromatic rings. The number of aliphatic hydroxyl groups excluding tert-OH is 1. The molecule has 4 rings (SSSR count). The summed E-state index contributed by atoms with van der Waals surface area (Å²) >= 11 is 0. The minimum absolute atomic E-state index is 0.201. The minimum atomic E-state index is -0.823. The number of amides is 1. The number of aromatic amines is 1. The standard InChI is InChI=1S/C26H24FN3O2/c1-26(17-31,16-18-7-3-2-4-8-18)28-25(32)22-10-6-5-9-21(22)24-15-23(29-30-24)19-11-13-20(27)14-12-19/h2-15,31H,16-17H2,1H3,(H,28,32)(H,29,30). The number of nitrogens with one attached hydrogen (secondary N) is 2. The molecule has 0 bridgehead atoms. The summed E-state index contributed by atoms with van der Waals surface area (Å²) in [5.74, 6) is -0.600. The van der Waals surface area contributed by atoms with Crippen LogP contribution >= 0.6 is 0 Å². The highest BCUT2D eigenvalue weighted by atomic mass is 19.1. The number of carbonyl (C=O) groups excluding carboxylic acids is 1. The number of hydrogen-bond donors (Lipinski definition) is 3. The van der Waals surface area contributed by atoms with Crippen LogP contribution in [0.3, 0.4) is 0 Å². The molecule has 1 aromatic heterocycles. The number of rotatable bonds is 7. The average Bonchev–Trinajstić information content (AvgIpc) is 3.30. The monoisotopic (exact) mass is 429 g/mol. The highest BCUT2D eigenvalue weighted by Crippen LogP contribution is 2.27. The third kappa shape index (κ3) is 4.76. The zero-order valence-corrected chi connectivity index (χ0v) is 17.7. The van der Waals surface area contributed by atoms with Crippen LogP contribution in [-0.4, -0.2) is 33.4 Å². The number of H-pyrrole nitrogens is 1. The SMILES string of the molecule is CC(CO)(Cc1ccccc1)NC(=O)c1ccccc1-c1cc(-c2ccc(F)cc2)[nH]n1. The molecule has 0 aliphatic heterocycles. The second kappa shape index (κ2) is 9.16. The van der Waals surface area contributed by atoms with Gasteiger partial charge in [0.2, 0.25) is 0 Å². The van der Waals surface area contributed by atoms with Gasteiger partial charge in [0.25, 0.3) is 5.91 Å². The molecule has 0 aliphatic rings.